The molecule has 1 aromatic carbocycles. The molecule has 0 aliphatic heterocycles. The summed E-state index contributed by atoms with van der Waals surface area (Å²) in [7, 11) is 3.58. The third-order valence-corrected chi connectivity index (χ3v) is 3.41. The summed E-state index contributed by atoms with van der Waals surface area (Å²) in [6.45, 7) is 1.40. The normalized spacial score (nSPS) is 10.3. The van der Waals surface area contributed by atoms with Gasteiger partial charge in [-0.2, -0.15) is 0 Å². The van der Waals surface area contributed by atoms with E-state index in [-0.39, 0.29) is 0 Å². The first-order valence-electron chi connectivity index (χ1n) is 5.80. The third kappa shape index (κ3) is 3.24. The van der Waals surface area contributed by atoms with Gasteiger partial charge in [0.25, 0.3) is 0 Å². The quantitative estimate of drug-likeness (QED) is 0.869. The van der Waals surface area contributed by atoms with E-state index in [2.05, 4.69) is 11.4 Å². The summed E-state index contributed by atoms with van der Waals surface area (Å²) in [5.41, 5.74) is 1.18. The minimum Gasteiger partial charge on any atom is -0.493 e. The zero-order valence-electron chi connectivity index (χ0n) is 10.6. The van der Waals surface area contributed by atoms with Crippen LogP contribution in [-0.4, -0.2) is 14.2 Å². The van der Waals surface area contributed by atoms with Gasteiger partial charge in [-0.1, -0.05) is 12.1 Å². The second kappa shape index (κ2) is 6.42. The summed E-state index contributed by atoms with van der Waals surface area (Å²) < 4.78 is 11.1. The van der Waals surface area contributed by atoms with Gasteiger partial charge in [-0.3, -0.25) is 0 Å². The average Bonchev–Trinajstić information content (AvgIpc) is 2.90. The molecule has 0 unspecified atom stereocenters. The molecule has 0 saturated carbocycles. The first-order valence-corrected chi connectivity index (χ1v) is 6.68. The number of methoxy groups -OCH3 is 1. The molecular weight excluding hydrogens is 246 g/mol. The maximum Gasteiger partial charge on any atom is 0.162 e. The standard InChI is InChI=1S/C14H17NO2S/c1-15-9-11-5-6-13(16-2)14(8-11)17-10-12-4-3-7-18-12/h3-8,15H,9-10H2,1-2H3. The molecule has 18 heavy (non-hydrogen) atoms. The van der Waals surface area contributed by atoms with Gasteiger partial charge < -0.3 is 14.8 Å². The van der Waals surface area contributed by atoms with E-state index in [9.17, 15) is 0 Å². The van der Waals surface area contributed by atoms with Crippen molar-refractivity contribution in [2.75, 3.05) is 14.2 Å². The highest BCUT2D eigenvalue weighted by atomic mass is 32.1. The molecule has 0 aliphatic rings. The zero-order valence-corrected chi connectivity index (χ0v) is 11.4. The molecular formula is C14H17NO2S. The highest BCUT2D eigenvalue weighted by Gasteiger charge is 2.06. The number of nitrogens with one attached hydrogen (secondary N) is 1. The second-order valence-electron chi connectivity index (χ2n) is 3.88. The van der Waals surface area contributed by atoms with Crippen molar-refractivity contribution in [3.63, 3.8) is 0 Å². The van der Waals surface area contributed by atoms with Gasteiger partial charge in [-0.15, -0.1) is 11.3 Å². The van der Waals surface area contributed by atoms with Crippen molar-refractivity contribution >= 4 is 11.3 Å². The Morgan fingerprint density at radius 3 is 2.78 bits per heavy atom. The third-order valence-electron chi connectivity index (χ3n) is 2.56. The number of hydrogen-bond donors (Lipinski definition) is 1. The number of benzene rings is 1. The fourth-order valence-electron chi connectivity index (χ4n) is 1.69. The van der Waals surface area contributed by atoms with Crippen LogP contribution in [0.5, 0.6) is 11.5 Å². The number of rotatable bonds is 6. The van der Waals surface area contributed by atoms with E-state index in [0.29, 0.717) is 6.61 Å². The van der Waals surface area contributed by atoms with Crippen molar-refractivity contribution in [3.8, 4) is 11.5 Å². The molecule has 2 aromatic rings. The molecule has 1 heterocycles. The molecule has 3 nitrogen and oxygen atoms in total. The molecule has 0 amide bonds. The summed E-state index contributed by atoms with van der Waals surface area (Å²) in [5.74, 6) is 1.56. The van der Waals surface area contributed by atoms with E-state index in [1.54, 1.807) is 18.4 Å². The van der Waals surface area contributed by atoms with E-state index in [4.69, 9.17) is 9.47 Å². The van der Waals surface area contributed by atoms with E-state index in [1.807, 2.05) is 36.7 Å². The summed E-state index contributed by atoms with van der Waals surface area (Å²) in [5, 5.41) is 5.17. The smallest absolute Gasteiger partial charge is 0.162 e. The fourth-order valence-corrected chi connectivity index (χ4v) is 2.31. The first kappa shape index (κ1) is 12.9. The fraction of sp³-hybridized carbons (Fsp3) is 0.286. The predicted octanol–water partition coefficient (Wildman–Crippen LogP) is 3.06. The van der Waals surface area contributed by atoms with Crippen molar-refractivity contribution in [3.05, 3.63) is 46.2 Å². The Kier molecular flexibility index (Phi) is 4.61. The van der Waals surface area contributed by atoms with Crippen molar-refractivity contribution in [2.24, 2.45) is 0 Å². The second-order valence-corrected chi connectivity index (χ2v) is 4.92. The minimum atomic E-state index is 0.580. The maximum atomic E-state index is 5.82. The van der Waals surface area contributed by atoms with Crippen LogP contribution in [0.25, 0.3) is 0 Å². The molecule has 0 atom stereocenters. The van der Waals surface area contributed by atoms with Gasteiger partial charge in [0.05, 0.1) is 7.11 Å². The lowest BCUT2D eigenvalue weighted by atomic mass is 10.2. The van der Waals surface area contributed by atoms with Crippen LogP contribution in [0.2, 0.25) is 0 Å². The van der Waals surface area contributed by atoms with Crippen molar-refractivity contribution < 1.29 is 9.47 Å². The van der Waals surface area contributed by atoms with E-state index >= 15 is 0 Å². The Labute approximate surface area is 111 Å². The van der Waals surface area contributed by atoms with Gasteiger partial charge >= 0.3 is 0 Å². The first-order chi connectivity index (χ1) is 8.83. The molecule has 4 heteroatoms. The molecule has 0 spiro atoms. The van der Waals surface area contributed by atoms with E-state index in [1.165, 1.54) is 10.4 Å². The molecule has 0 bridgehead atoms. The predicted molar refractivity (Wildman–Crippen MR) is 74.4 cm³/mol. The van der Waals surface area contributed by atoms with Crippen molar-refractivity contribution in [2.45, 2.75) is 13.2 Å². The summed E-state index contributed by atoms with van der Waals surface area (Å²) in [6, 6.07) is 10.1. The molecule has 2 rings (SSSR count). The highest BCUT2D eigenvalue weighted by molar-refractivity contribution is 7.09. The topological polar surface area (TPSA) is 30.5 Å². The lowest BCUT2D eigenvalue weighted by Crippen LogP contribution is -2.05. The minimum absolute atomic E-state index is 0.580. The number of thiophene rings is 1. The Morgan fingerprint density at radius 1 is 1.22 bits per heavy atom. The summed E-state index contributed by atoms with van der Waals surface area (Å²) in [4.78, 5) is 1.20. The van der Waals surface area contributed by atoms with Crippen LogP contribution in [0.3, 0.4) is 0 Å². The molecule has 1 aromatic heterocycles. The summed E-state index contributed by atoms with van der Waals surface area (Å²) >= 11 is 1.69. The van der Waals surface area contributed by atoms with E-state index < -0.39 is 0 Å². The van der Waals surface area contributed by atoms with Gasteiger partial charge in [-0.25, -0.2) is 0 Å². The van der Waals surface area contributed by atoms with Gasteiger partial charge in [-0.05, 0) is 36.2 Å². The number of hydrogen-bond acceptors (Lipinski definition) is 4. The Morgan fingerprint density at radius 2 is 2.11 bits per heavy atom. The Balaban J connectivity index is 2.10. The SMILES string of the molecule is CNCc1ccc(OC)c(OCc2cccs2)c1. The van der Waals surface area contributed by atoms with Gasteiger partial charge in [0.2, 0.25) is 0 Å². The highest BCUT2D eigenvalue weighted by Crippen LogP contribution is 2.29. The van der Waals surface area contributed by atoms with E-state index in [0.717, 1.165) is 18.0 Å². The monoisotopic (exact) mass is 263 g/mol. The summed E-state index contributed by atoms with van der Waals surface area (Å²) in [6.07, 6.45) is 0. The van der Waals surface area contributed by atoms with Gasteiger partial charge in [0.1, 0.15) is 6.61 Å². The van der Waals surface area contributed by atoms with Crippen LogP contribution in [0, 0.1) is 0 Å². The van der Waals surface area contributed by atoms with Crippen LogP contribution >= 0.6 is 11.3 Å². The number of ether oxygens (including phenoxy) is 2. The zero-order chi connectivity index (χ0) is 12.8. The lowest BCUT2D eigenvalue weighted by Gasteiger charge is -2.11. The average molecular weight is 263 g/mol. The van der Waals surface area contributed by atoms with Crippen LogP contribution in [0.15, 0.2) is 35.7 Å². The van der Waals surface area contributed by atoms with Crippen LogP contribution < -0.4 is 14.8 Å². The molecule has 0 saturated heterocycles. The molecule has 0 fully saturated rings. The molecule has 1 N–H and O–H groups in total. The lowest BCUT2D eigenvalue weighted by molar-refractivity contribution is 0.287. The Hall–Kier alpha value is -1.52. The molecule has 96 valence electrons. The van der Waals surface area contributed by atoms with Crippen LogP contribution in [0.1, 0.15) is 10.4 Å². The molecule has 0 aliphatic carbocycles. The van der Waals surface area contributed by atoms with Crippen molar-refractivity contribution in [1.29, 1.82) is 0 Å². The van der Waals surface area contributed by atoms with Gasteiger partial charge in [0, 0.05) is 11.4 Å². The van der Waals surface area contributed by atoms with Crippen LogP contribution in [0.4, 0.5) is 0 Å². The van der Waals surface area contributed by atoms with Crippen LogP contribution in [-0.2, 0) is 13.2 Å². The maximum absolute atomic E-state index is 5.82. The molecule has 0 radical (unpaired) electrons. The van der Waals surface area contributed by atoms with Crippen molar-refractivity contribution in [1.82, 2.24) is 5.32 Å². The van der Waals surface area contributed by atoms with Gasteiger partial charge in [0.15, 0.2) is 11.5 Å². The Bertz CT molecular complexity index is 483. The largest absolute Gasteiger partial charge is 0.493 e.